The zero-order valence-corrected chi connectivity index (χ0v) is 8.16. The highest BCUT2D eigenvalue weighted by Gasteiger charge is 2.15. The van der Waals surface area contributed by atoms with Crippen LogP contribution in [0.4, 0.5) is 0 Å². The number of ether oxygens (including phenoxy) is 1. The summed E-state index contributed by atoms with van der Waals surface area (Å²) < 4.78 is 4.51. The third-order valence-electron chi connectivity index (χ3n) is 1.76. The number of methoxy groups -OCH3 is 1. The molecule has 0 aliphatic rings. The van der Waals surface area contributed by atoms with Crippen LogP contribution in [0.1, 0.15) is 13.8 Å². The van der Waals surface area contributed by atoms with E-state index in [1.165, 1.54) is 7.11 Å². The second-order valence-corrected chi connectivity index (χ2v) is 2.96. The molecule has 0 aliphatic heterocycles. The van der Waals surface area contributed by atoms with Crippen molar-refractivity contribution in [3.63, 3.8) is 0 Å². The Morgan fingerprint density at radius 2 is 2.00 bits per heavy atom. The highest BCUT2D eigenvalue weighted by molar-refractivity contribution is 5.79. The van der Waals surface area contributed by atoms with E-state index in [1.54, 1.807) is 13.8 Å². The standard InChI is InChI=1S/C8H16N2O3/c1-5(8(12)13-3)4-10-6(2)7(9)11/h5-6,10H,4H2,1-3H3,(H2,9,11). The third kappa shape index (κ3) is 4.47. The van der Waals surface area contributed by atoms with Gasteiger partial charge in [-0.25, -0.2) is 0 Å². The molecule has 5 nitrogen and oxygen atoms in total. The number of amides is 1. The van der Waals surface area contributed by atoms with E-state index in [4.69, 9.17) is 5.73 Å². The molecule has 0 aliphatic carbocycles. The first-order valence-electron chi connectivity index (χ1n) is 4.09. The Hall–Kier alpha value is -1.10. The molecule has 5 heteroatoms. The van der Waals surface area contributed by atoms with E-state index in [9.17, 15) is 9.59 Å². The molecule has 1 amide bonds. The summed E-state index contributed by atoms with van der Waals surface area (Å²) in [6.45, 7) is 3.75. The number of hydrogen-bond donors (Lipinski definition) is 2. The topological polar surface area (TPSA) is 81.4 Å². The molecule has 76 valence electrons. The minimum atomic E-state index is -0.433. The molecule has 0 fully saturated rings. The first-order chi connectivity index (χ1) is 5.99. The molecule has 0 saturated carbocycles. The van der Waals surface area contributed by atoms with Crippen LogP contribution < -0.4 is 11.1 Å². The van der Waals surface area contributed by atoms with Gasteiger partial charge in [-0.2, -0.15) is 0 Å². The average molecular weight is 188 g/mol. The number of nitrogens with one attached hydrogen (secondary N) is 1. The normalized spacial score (nSPS) is 14.7. The smallest absolute Gasteiger partial charge is 0.309 e. The van der Waals surface area contributed by atoms with Crippen molar-refractivity contribution in [1.29, 1.82) is 0 Å². The lowest BCUT2D eigenvalue weighted by Gasteiger charge is -2.13. The molecule has 0 bridgehead atoms. The van der Waals surface area contributed by atoms with E-state index in [1.807, 2.05) is 0 Å². The first kappa shape index (κ1) is 11.9. The molecule has 0 aromatic carbocycles. The molecular weight excluding hydrogens is 172 g/mol. The highest BCUT2D eigenvalue weighted by atomic mass is 16.5. The van der Waals surface area contributed by atoms with Crippen LogP contribution in [-0.2, 0) is 14.3 Å². The maximum atomic E-state index is 10.9. The summed E-state index contributed by atoms with van der Waals surface area (Å²) in [5.41, 5.74) is 5.01. The average Bonchev–Trinajstić information content (AvgIpc) is 2.11. The van der Waals surface area contributed by atoms with Crippen LogP contribution >= 0.6 is 0 Å². The minimum Gasteiger partial charge on any atom is -0.469 e. The molecule has 0 radical (unpaired) electrons. The fraction of sp³-hybridized carbons (Fsp3) is 0.750. The van der Waals surface area contributed by atoms with Crippen molar-refractivity contribution in [3.05, 3.63) is 0 Å². The summed E-state index contributed by atoms with van der Waals surface area (Å²) in [6, 6.07) is -0.424. The Morgan fingerprint density at radius 1 is 1.46 bits per heavy atom. The van der Waals surface area contributed by atoms with Crippen molar-refractivity contribution in [2.75, 3.05) is 13.7 Å². The van der Waals surface area contributed by atoms with Crippen LogP contribution in [0.15, 0.2) is 0 Å². The molecule has 0 heterocycles. The molecular formula is C8H16N2O3. The number of nitrogens with two attached hydrogens (primary N) is 1. The van der Waals surface area contributed by atoms with E-state index >= 15 is 0 Å². The lowest BCUT2D eigenvalue weighted by Crippen LogP contribution is -2.41. The number of rotatable bonds is 5. The SMILES string of the molecule is COC(=O)C(C)CNC(C)C(N)=O. The van der Waals surface area contributed by atoms with E-state index in [0.29, 0.717) is 6.54 Å². The van der Waals surface area contributed by atoms with Crippen LogP contribution in [0.2, 0.25) is 0 Å². The number of esters is 1. The van der Waals surface area contributed by atoms with Crippen molar-refractivity contribution in [3.8, 4) is 0 Å². The zero-order valence-electron chi connectivity index (χ0n) is 8.16. The third-order valence-corrected chi connectivity index (χ3v) is 1.76. The lowest BCUT2D eigenvalue weighted by atomic mass is 10.1. The predicted molar refractivity (Wildman–Crippen MR) is 47.8 cm³/mol. The molecule has 0 spiro atoms. The van der Waals surface area contributed by atoms with Crippen molar-refractivity contribution in [2.45, 2.75) is 19.9 Å². The molecule has 2 atom stereocenters. The second-order valence-electron chi connectivity index (χ2n) is 2.96. The quantitative estimate of drug-likeness (QED) is 0.557. The van der Waals surface area contributed by atoms with Crippen LogP contribution in [0, 0.1) is 5.92 Å². The van der Waals surface area contributed by atoms with E-state index < -0.39 is 11.9 Å². The van der Waals surface area contributed by atoms with Crippen LogP contribution in [0.5, 0.6) is 0 Å². The number of hydrogen-bond acceptors (Lipinski definition) is 4. The van der Waals surface area contributed by atoms with Gasteiger partial charge in [0.15, 0.2) is 0 Å². The monoisotopic (exact) mass is 188 g/mol. The molecule has 13 heavy (non-hydrogen) atoms. The summed E-state index contributed by atoms with van der Waals surface area (Å²) >= 11 is 0. The molecule has 0 saturated heterocycles. The Labute approximate surface area is 77.6 Å². The molecule has 0 rings (SSSR count). The van der Waals surface area contributed by atoms with Crippen LogP contribution in [-0.4, -0.2) is 31.6 Å². The van der Waals surface area contributed by atoms with E-state index in [-0.39, 0.29) is 11.9 Å². The van der Waals surface area contributed by atoms with Crippen molar-refractivity contribution >= 4 is 11.9 Å². The van der Waals surface area contributed by atoms with Gasteiger partial charge in [-0.3, -0.25) is 9.59 Å². The molecule has 0 aromatic rings. The predicted octanol–water partition coefficient (Wildman–Crippen LogP) is -0.741. The van der Waals surface area contributed by atoms with Gasteiger partial charge in [-0.05, 0) is 6.92 Å². The van der Waals surface area contributed by atoms with Crippen LogP contribution in [0.3, 0.4) is 0 Å². The fourth-order valence-electron chi connectivity index (χ4n) is 0.739. The summed E-state index contributed by atoms with van der Waals surface area (Å²) in [5.74, 6) is -1.01. The Bertz CT molecular complexity index is 194. The zero-order chi connectivity index (χ0) is 10.4. The Morgan fingerprint density at radius 3 is 2.38 bits per heavy atom. The molecule has 3 N–H and O–H groups in total. The fourth-order valence-corrected chi connectivity index (χ4v) is 0.739. The maximum Gasteiger partial charge on any atom is 0.309 e. The van der Waals surface area contributed by atoms with Gasteiger partial charge in [-0.15, -0.1) is 0 Å². The van der Waals surface area contributed by atoms with E-state index in [2.05, 4.69) is 10.1 Å². The first-order valence-corrected chi connectivity index (χ1v) is 4.09. The van der Waals surface area contributed by atoms with Gasteiger partial charge in [0.05, 0.1) is 19.1 Å². The van der Waals surface area contributed by atoms with Gasteiger partial charge in [0, 0.05) is 6.54 Å². The van der Waals surface area contributed by atoms with Gasteiger partial charge in [0.2, 0.25) is 5.91 Å². The largest absolute Gasteiger partial charge is 0.469 e. The number of carbonyl (C=O) groups excluding carboxylic acids is 2. The van der Waals surface area contributed by atoms with Crippen molar-refractivity contribution in [2.24, 2.45) is 11.7 Å². The summed E-state index contributed by atoms with van der Waals surface area (Å²) in [6.07, 6.45) is 0. The molecule has 0 aromatic heterocycles. The highest BCUT2D eigenvalue weighted by Crippen LogP contribution is 1.95. The maximum absolute atomic E-state index is 10.9. The van der Waals surface area contributed by atoms with Crippen molar-refractivity contribution in [1.82, 2.24) is 5.32 Å². The van der Waals surface area contributed by atoms with Gasteiger partial charge < -0.3 is 15.8 Å². The van der Waals surface area contributed by atoms with Gasteiger partial charge in [0.1, 0.15) is 0 Å². The summed E-state index contributed by atoms with van der Waals surface area (Å²) in [7, 11) is 1.33. The van der Waals surface area contributed by atoms with Crippen LogP contribution in [0.25, 0.3) is 0 Å². The second kappa shape index (κ2) is 5.53. The number of primary amides is 1. The van der Waals surface area contributed by atoms with Gasteiger partial charge in [0.25, 0.3) is 0 Å². The minimum absolute atomic E-state index is 0.271. The lowest BCUT2D eigenvalue weighted by molar-refractivity contribution is -0.144. The number of carbonyl (C=O) groups is 2. The van der Waals surface area contributed by atoms with Gasteiger partial charge >= 0.3 is 5.97 Å². The Balaban J connectivity index is 3.76. The van der Waals surface area contributed by atoms with Gasteiger partial charge in [-0.1, -0.05) is 6.92 Å². The Kier molecular flexibility index (Phi) is 5.06. The summed E-state index contributed by atoms with van der Waals surface area (Å²) in [5, 5.41) is 2.82. The van der Waals surface area contributed by atoms with E-state index in [0.717, 1.165) is 0 Å². The molecule has 2 unspecified atom stereocenters. The summed E-state index contributed by atoms with van der Waals surface area (Å²) in [4.78, 5) is 21.5. The van der Waals surface area contributed by atoms with Crippen molar-refractivity contribution < 1.29 is 14.3 Å².